The van der Waals surface area contributed by atoms with Crippen LogP contribution in [0.2, 0.25) is 0 Å². The van der Waals surface area contributed by atoms with Crippen LogP contribution in [0.5, 0.6) is 0 Å². The van der Waals surface area contributed by atoms with Gasteiger partial charge in [0.25, 0.3) is 0 Å². The Morgan fingerprint density at radius 2 is 1.60 bits per heavy atom. The summed E-state index contributed by atoms with van der Waals surface area (Å²) in [6.45, 7) is 0. The van der Waals surface area contributed by atoms with Crippen molar-refractivity contribution in [2.45, 2.75) is 19.3 Å². The average Bonchev–Trinajstić information content (AvgIpc) is 2.48. The third-order valence-electron chi connectivity index (χ3n) is 3.46. The van der Waals surface area contributed by atoms with Crippen molar-refractivity contribution in [1.82, 2.24) is 4.98 Å². The van der Waals surface area contributed by atoms with E-state index in [1.807, 2.05) is 12.1 Å². The van der Waals surface area contributed by atoms with E-state index in [0.717, 1.165) is 34.9 Å². The molecule has 0 N–H and O–H groups in total. The molecule has 20 heavy (non-hydrogen) atoms. The van der Waals surface area contributed by atoms with E-state index in [1.54, 1.807) is 0 Å². The van der Waals surface area contributed by atoms with Gasteiger partial charge in [0.1, 0.15) is 0 Å². The maximum Gasteiger partial charge on any atom is 0.0716 e. The van der Waals surface area contributed by atoms with Crippen LogP contribution < -0.4 is 0 Å². The minimum absolute atomic E-state index is 1.01. The molecule has 3 rings (SSSR count). The number of benzene rings is 2. The summed E-state index contributed by atoms with van der Waals surface area (Å²) in [6.07, 6.45) is 3.24. The van der Waals surface area contributed by atoms with Gasteiger partial charge in [0.15, 0.2) is 0 Å². The average molecular weight is 326 g/mol. The number of hydrogen-bond donors (Lipinski definition) is 0. The van der Waals surface area contributed by atoms with E-state index in [0.29, 0.717) is 0 Å². The summed E-state index contributed by atoms with van der Waals surface area (Å²) in [7, 11) is 0. The third-order valence-corrected chi connectivity index (χ3v) is 4.12. The van der Waals surface area contributed by atoms with Gasteiger partial charge in [-0.05, 0) is 37.0 Å². The lowest BCUT2D eigenvalue weighted by Crippen LogP contribution is -1.94. The molecule has 1 aromatic heterocycles. The van der Waals surface area contributed by atoms with Gasteiger partial charge in [0, 0.05) is 15.6 Å². The first kappa shape index (κ1) is 13.3. The lowest BCUT2D eigenvalue weighted by molar-refractivity contribution is 0.802. The highest BCUT2D eigenvalue weighted by Crippen LogP contribution is 2.24. The molecule has 0 saturated heterocycles. The monoisotopic (exact) mass is 325 g/mol. The Labute approximate surface area is 127 Å². The second kappa shape index (κ2) is 6.19. The van der Waals surface area contributed by atoms with Crippen LogP contribution in [0.25, 0.3) is 10.9 Å². The third kappa shape index (κ3) is 3.07. The molecular weight excluding hydrogens is 310 g/mol. The van der Waals surface area contributed by atoms with Gasteiger partial charge in [-0.15, -0.1) is 0 Å². The molecule has 1 nitrogen and oxygen atoms in total. The number of fused-ring (bicyclic) bond motifs is 1. The van der Waals surface area contributed by atoms with Crippen LogP contribution in [-0.2, 0) is 12.8 Å². The van der Waals surface area contributed by atoms with E-state index >= 15 is 0 Å². The highest BCUT2D eigenvalue weighted by atomic mass is 79.9. The molecule has 2 aromatic carbocycles. The molecule has 100 valence electrons. The molecule has 0 saturated carbocycles. The summed E-state index contributed by atoms with van der Waals surface area (Å²) in [5, 5.41) is 1.18. The van der Waals surface area contributed by atoms with Crippen LogP contribution in [0.3, 0.4) is 0 Å². The molecule has 0 radical (unpaired) electrons. The van der Waals surface area contributed by atoms with E-state index in [-0.39, 0.29) is 0 Å². The van der Waals surface area contributed by atoms with Crippen LogP contribution in [0.1, 0.15) is 17.7 Å². The van der Waals surface area contributed by atoms with Crippen molar-refractivity contribution in [1.29, 1.82) is 0 Å². The predicted octanol–water partition coefficient (Wildman–Crippen LogP) is 5.17. The second-order valence-corrected chi connectivity index (χ2v) is 5.81. The first-order valence-electron chi connectivity index (χ1n) is 6.91. The Morgan fingerprint density at radius 3 is 2.45 bits per heavy atom. The lowest BCUT2D eigenvalue weighted by atomic mass is 10.1. The van der Waals surface area contributed by atoms with Crippen molar-refractivity contribution >= 4 is 26.8 Å². The fraction of sp³-hybridized carbons (Fsp3) is 0.167. The van der Waals surface area contributed by atoms with E-state index < -0.39 is 0 Å². The number of hydrogen-bond acceptors (Lipinski definition) is 1. The topological polar surface area (TPSA) is 12.9 Å². The number of pyridine rings is 1. The highest BCUT2D eigenvalue weighted by molar-refractivity contribution is 9.10. The summed E-state index contributed by atoms with van der Waals surface area (Å²) < 4.78 is 1.14. The fourth-order valence-corrected chi connectivity index (χ4v) is 3.03. The summed E-state index contributed by atoms with van der Waals surface area (Å²) in [4.78, 5) is 4.74. The number of para-hydroxylation sites is 1. The van der Waals surface area contributed by atoms with Crippen LogP contribution in [0.15, 0.2) is 65.1 Å². The minimum atomic E-state index is 1.01. The molecule has 1 heterocycles. The zero-order chi connectivity index (χ0) is 13.8. The zero-order valence-corrected chi connectivity index (χ0v) is 12.8. The van der Waals surface area contributed by atoms with Crippen molar-refractivity contribution < 1.29 is 0 Å². The molecule has 0 aliphatic heterocycles. The Hall–Kier alpha value is -1.67. The van der Waals surface area contributed by atoms with E-state index in [4.69, 9.17) is 4.98 Å². The minimum Gasteiger partial charge on any atom is -0.253 e. The second-order valence-electron chi connectivity index (χ2n) is 4.95. The normalized spacial score (nSPS) is 10.8. The Morgan fingerprint density at radius 1 is 0.850 bits per heavy atom. The largest absolute Gasteiger partial charge is 0.253 e. The number of nitrogens with zero attached hydrogens (tertiary/aromatic N) is 1. The zero-order valence-electron chi connectivity index (χ0n) is 11.2. The van der Waals surface area contributed by atoms with Crippen LogP contribution >= 0.6 is 15.9 Å². The summed E-state index contributed by atoms with van der Waals surface area (Å²) in [5.74, 6) is 0. The molecule has 0 amide bonds. The van der Waals surface area contributed by atoms with Crippen LogP contribution in [0.4, 0.5) is 0 Å². The molecule has 2 heteroatoms. The molecule has 0 aliphatic carbocycles. The number of rotatable bonds is 4. The van der Waals surface area contributed by atoms with Gasteiger partial charge in [-0.25, -0.2) is 0 Å². The molecule has 0 unspecified atom stereocenters. The highest BCUT2D eigenvalue weighted by Gasteiger charge is 2.03. The van der Waals surface area contributed by atoms with Crippen molar-refractivity contribution in [2.24, 2.45) is 0 Å². The fourth-order valence-electron chi connectivity index (χ4n) is 2.43. The van der Waals surface area contributed by atoms with E-state index in [2.05, 4.69) is 64.5 Å². The van der Waals surface area contributed by atoms with Crippen LogP contribution in [0, 0.1) is 0 Å². The van der Waals surface area contributed by atoms with Gasteiger partial charge in [-0.2, -0.15) is 0 Å². The summed E-state index contributed by atoms with van der Waals surface area (Å²) in [6, 6.07) is 21.0. The molecule has 0 atom stereocenters. The molecule has 0 bridgehead atoms. The predicted molar refractivity (Wildman–Crippen MR) is 87.9 cm³/mol. The summed E-state index contributed by atoms with van der Waals surface area (Å²) >= 11 is 3.64. The smallest absolute Gasteiger partial charge is 0.0716 e. The maximum absolute atomic E-state index is 4.74. The molecule has 0 aliphatic rings. The van der Waals surface area contributed by atoms with Gasteiger partial charge < -0.3 is 0 Å². The van der Waals surface area contributed by atoms with Crippen molar-refractivity contribution in [2.75, 3.05) is 0 Å². The maximum atomic E-state index is 4.74. The SMILES string of the molecule is Brc1cc(CCCc2ccccc2)nc2ccccc12. The number of aromatic nitrogens is 1. The number of aryl methyl sites for hydroxylation is 2. The Balaban J connectivity index is 1.72. The van der Waals surface area contributed by atoms with Gasteiger partial charge >= 0.3 is 0 Å². The quantitative estimate of drug-likeness (QED) is 0.644. The molecule has 0 spiro atoms. The Bertz CT molecular complexity index is 707. The van der Waals surface area contributed by atoms with E-state index in [1.165, 1.54) is 10.9 Å². The number of halogens is 1. The summed E-state index contributed by atoms with van der Waals surface area (Å²) in [5.41, 5.74) is 3.62. The van der Waals surface area contributed by atoms with Crippen molar-refractivity contribution in [3.63, 3.8) is 0 Å². The standard InChI is InChI=1S/C18H16BrN/c19-17-13-15(20-18-12-5-4-11-16(17)18)10-6-9-14-7-2-1-3-8-14/h1-5,7-8,11-13H,6,9-10H2. The molecule has 0 fully saturated rings. The Kier molecular flexibility index (Phi) is 4.12. The lowest BCUT2D eigenvalue weighted by Gasteiger charge is -2.06. The van der Waals surface area contributed by atoms with Gasteiger partial charge in [0.2, 0.25) is 0 Å². The molecular formula is C18H16BrN. The first-order valence-corrected chi connectivity index (χ1v) is 7.70. The van der Waals surface area contributed by atoms with Gasteiger partial charge in [0.05, 0.1) is 5.52 Å². The van der Waals surface area contributed by atoms with Crippen LogP contribution in [-0.4, -0.2) is 4.98 Å². The first-order chi connectivity index (χ1) is 9.83. The van der Waals surface area contributed by atoms with Crippen molar-refractivity contribution in [3.8, 4) is 0 Å². The van der Waals surface area contributed by atoms with Gasteiger partial charge in [-0.3, -0.25) is 4.98 Å². The molecule has 3 aromatic rings. The van der Waals surface area contributed by atoms with Gasteiger partial charge in [-0.1, -0.05) is 64.5 Å². The van der Waals surface area contributed by atoms with Crippen molar-refractivity contribution in [3.05, 3.63) is 76.4 Å². The van der Waals surface area contributed by atoms with E-state index in [9.17, 15) is 0 Å².